The summed E-state index contributed by atoms with van der Waals surface area (Å²) in [6, 6.07) is 17.5. The van der Waals surface area contributed by atoms with Crippen LogP contribution < -0.4 is 0 Å². The Balaban J connectivity index is 1.98. The van der Waals surface area contributed by atoms with Crippen molar-refractivity contribution in [2.45, 2.75) is 26.0 Å². The lowest BCUT2D eigenvalue weighted by Crippen LogP contribution is -2.41. The number of nitrogens with zero attached hydrogens (tertiary/aromatic N) is 2. The van der Waals surface area contributed by atoms with Crippen LogP contribution in [0.25, 0.3) is 10.8 Å². The van der Waals surface area contributed by atoms with Crippen LogP contribution in [0.4, 0.5) is 0 Å². The van der Waals surface area contributed by atoms with Crippen molar-refractivity contribution in [1.29, 1.82) is 0 Å². The van der Waals surface area contributed by atoms with Gasteiger partial charge in [0.1, 0.15) is 0 Å². The third-order valence-electron chi connectivity index (χ3n) is 3.98. The summed E-state index contributed by atoms with van der Waals surface area (Å²) in [5.41, 5.74) is 0.592. The number of fused-ring (bicyclic) bond motifs is 1. The Morgan fingerprint density at radius 3 is 2.44 bits per heavy atom. The summed E-state index contributed by atoms with van der Waals surface area (Å²) in [5, 5.41) is 12.1. The van der Waals surface area contributed by atoms with E-state index in [9.17, 15) is 9.90 Å². The summed E-state index contributed by atoms with van der Waals surface area (Å²) in [6.45, 7) is 4.09. The molecule has 0 aliphatic rings. The van der Waals surface area contributed by atoms with Crippen LogP contribution in [-0.4, -0.2) is 33.0 Å². The standard InChI is InChI=1S/C21H22N2O2/c1-21(2,25)15-23(14-16-8-4-3-5-9-16)20(24)19-13-22-12-17-10-6-7-11-18(17)19/h3-13,25H,14-15H2,1-2H3. The highest BCUT2D eigenvalue weighted by atomic mass is 16.3. The quantitative estimate of drug-likeness (QED) is 0.775. The van der Waals surface area contributed by atoms with E-state index in [0.717, 1.165) is 16.3 Å². The lowest BCUT2D eigenvalue weighted by atomic mass is 10.0. The van der Waals surface area contributed by atoms with Gasteiger partial charge in [0, 0.05) is 30.9 Å². The normalized spacial score (nSPS) is 11.5. The first-order chi connectivity index (χ1) is 11.9. The van der Waals surface area contributed by atoms with Crippen molar-refractivity contribution < 1.29 is 9.90 Å². The molecule has 0 spiro atoms. The first-order valence-corrected chi connectivity index (χ1v) is 8.32. The van der Waals surface area contributed by atoms with E-state index in [1.807, 2.05) is 54.6 Å². The summed E-state index contributed by atoms with van der Waals surface area (Å²) < 4.78 is 0. The average Bonchev–Trinajstić information content (AvgIpc) is 2.60. The van der Waals surface area contributed by atoms with Crippen molar-refractivity contribution >= 4 is 16.7 Å². The van der Waals surface area contributed by atoms with Crippen LogP contribution >= 0.6 is 0 Å². The summed E-state index contributed by atoms with van der Waals surface area (Å²) in [6.07, 6.45) is 3.36. The highest BCUT2D eigenvalue weighted by molar-refractivity contribution is 6.06. The molecule has 0 atom stereocenters. The molecule has 1 heterocycles. The third kappa shape index (κ3) is 4.22. The zero-order valence-electron chi connectivity index (χ0n) is 14.5. The second-order valence-electron chi connectivity index (χ2n) is 6.87. The Morgan fingerprint density at radius 1 is 1.04 bits per heavy atom. The first-order valence-electron chi connectivity index (χ1n) is 8.32. The van der Waals surface area contributed by atoms with Crippen LogP contribution in [0.1, 0.15) is 29.8 Å². The summed E-state index contributed by atoms with van der Waals surface area (Å²) in [5.74, 6) is -0.129. The van der Waals surface area contributed by atoms with Crippen molar-refractivity contribution in [1.82, 2.24) is 9.88 Å². The molecule has 1 N–H and O–H groups in total. The van der Waals surface area contributed by atoms with Crippen molar-refractivity contribution in [3.05, 3.63) is 78.1 Å². The molecule has 4 nitrogen and oxygen atoms in total. The number of amides is 1. The summed E-state index contributed by atoms with van der Waals surface area (Å²) in [4.78, 5) is 19.1. The van der Waals surface area contributed by atoms with Gasteiger partial charge in [0.15, 0.2) is 0 Å². The molecule has 1 aromatic heterocycles. The number of hydrogen-bond donors (Lipinski definition) is 1. The van der Waals surface area contributed by atoms with Crippen molar-refractivity contribution in [2.75, 3.05) is 6.54 Å². The van der Waals surface area contributed by atoms with E-state index in [1.54, 1.807) is 31.1 Å². The van der Waals surface area contributed by atoms with Crippen LogP contribution in [-0.2, 0) is 6.54 Å². The Hall–Kier alpha value is -2.72. The highest BCUT2D eigenvalue weighted by Crippen LogP contribution is 2.21. The Bertz CT molecular complexity index is 864. The molecule has 0 aliphatic heterocycles. The zero-order valence-corrected chi connectivity index (χ0v) is 14.5. The van der Waals surface area contributed by atoms with E-state index in [2.05, 4.69) is 4.98 Å². The second kappa shape index (κ2) is 7.03. The summed E-state index contributed by atoms with van der Waals surface area (Å²) in [7, 11) is 0. The minimum atomic E-state index is -0.984. The number of carbonyl (C=O) groups excluding carboxylic acids is 1. The maximum absolute atomic E-state index is 13.2. The van der Waals surface area contributed by atoms with Crippen LogP contribution in [0.2, 0.25) is 0 Å². The van der Waals surface area contributed by atoms with Gasteiger partial charge in [0.2, 0.25) is 0 Å². The van der Waals surface area contributed by atoms with E-state index in [1.165, 1.54) is 0 Å². The predicted molar refractivity (Wildman–Crippen MR) is 99.2 cm³/mol. The van der Waals surface area contributed by atoms with Gasteiger partial charge in [0.05, 0.1) is 11.2 Å². The van der Waals surface area contributed by atoms with E-state index >= 15 is 0 Å². The molecule has 0 aliphatic carbocycles. The van der Waals surface area contributed by atoms with Gasteiger partial charge in [-0.2, -0.15) is 0 Å². The maximum atomic E-state index is 13.2. The van der Waals surface area contributed by atoms with E-state index in [0.29, 0.717) is 12.1 Å². The van der Waals surface area contributed by atoms with Crippen LogP contribution in [0.5, 0.6) is 0 Å². The highest BCUT2D eigenvalue weighted by Gasteiger charge is 2.25. The zero-order chi connectivity index (χ0) is 17.9. The van der Waals surface area contributed by atoms with Crippen molar-refractivity contribution in [3.63, 3.8) is 0 Å². The van der Waals surface area contributed by atoms with Crippen molar-refractivity contribution in [2.24, 2.45) is 0 Å². The predicted octanol–water partition coefficient (Wildman–Crippen LogP) is 3.65. The van der Waals surface area contributed by atoms with Crippen LogP contribution in [0, 0.1) is 0 Å². The molecule has 0 radical (unpaired) electrons. The SMILES string of the molecule is CC(C)(O)CN(Cc1ccccc1)C(=O)c1cncc2ccccc12. The number of pyridine rings is 1. The topological polar surface area (TPSA) is 53.4 Å². The molecule has 25 heavy (non-hydrogen) atoms. The second-order valence-corrected chi connectivity index (χ2v) is 6.87. The smallest absolute Gasteiger partial charge is 0.256 e. The monoisotopic (exact) mass is 334 g/mol. The van der Waals surface area contributed by atoms with Gasteiger partial charge >= 0.3 is 0 Å². The Labute approximate surface area is 147 Å². The maximum Gasteiger partial charge on any atom is 0.256 e. The van der Waals surface area contributed by atoms with E-state index in [4.69, 9.17) is 0 Å². The molecule has 4 heteroatoms. The lowest BCUT2D eigenvalue weighted by molar-refractivity contribution is 0.0281. The number of carbonyl (C=O) groups is 1. The molecule has 3 aromatic rings. The summed E-state index contributed by atoms with van der Waals surface area (Å²) >= 11 is 0. The van der Waals surface area contributed by atoms with Gasteiger partial charge < -0.3 is 10.0 Å². The van der Waals surface area contributed by atoms with Gasteiger partial charge in [-0.25, -0.2) is 0 Å². The minimum Gasteiger partial charge on any atom is -0.389 e. The van der Waals surface area contributed by atoms with Gasteiger partial charge in [-0.1, -0.05) is 54.6 Å². The molecule has 128 valence electrons. The Morgan fingerprint density at radius 2 is 1.72 bits per heavy atom. The first kappa shape index (κ1) is 17.1. The molecule has 0 bridgehead atoms. The number of rotatable bonds is 5. The van der Waals surface area contributed by atoms with Crippen LogP contribution in [0.15, 0.2) is 67.0 Å². The molecule has 0 fully saturated rings. The molecule has 0 saturated carbocycles. The lowest BCUT2D eigenvalue weighted by Gasteiger charge is -2.29. The number of hydrogen-bond acceptors (Lipinski definition) is 3. The van der Waals surface area contributed by atoms with E-state index < -0.39 is 5.60 Å². The fourth-order valence-electron chi connectivity index (χ4n) is 2.93. The minimum absolute atomic E-state index is 0.129. The molecule has 0 unspecified atom stereocenters. The van der Waals surface area contributed by atoms with Gasteiger partial charge in [-0.05, 0) is 24.8 Å². The fraction of sp³-hybridized carbons (Fsp3) is 0.238. The Kier molecular flexibility index (Phi) is 4.81. The number of aromatic nitrogens is 1. The molecular weight excluding hydrogens is 312 g/mol. The average molecular weight is 334 g/mol. The largest absolute Gasteiger partial charge is 0.389 e. The number of aliphatic hydroxyl groups is 1. The molecular formula is C21H22N2O2. The number of benzene rings is 2. The van der Waals surface area contributed by atoms with E-state index in [-0.39, 0.29) is 12.5 Å². The molecule has 2 aromatic carbocycles. The molecule has 0 saturated heterocycles. The molecule has 3 rings (SSSR count). The van der Waals surface area contributed by atoms with Gasteiger partial charge in [-0.15, -0.1) is 0 Å². The fourth-order valence-corrected chi connectivity index (χ4v) is 2.93. The van der Waals surface area contributed by atoms with Crippen molar-refractivity contribution in [3.8, 4) is 0 Å². The third-order valence-corrected chi connectivity index (χ3v) is 3.98. The molecule has 1 amide bonds. The van der Waals surface area contributed by atoms with Gasteiger partial charge in [-0.3, -0.25) is 9.78 Å². The van der Waals surface area contributed by atoms with Crippen LogP contribution in [0.3, 0.4) is 0 Å². The van der Waals surface area contributed by atoms with Gasteiger partial charge in [0.25, 0.3) is 5.91 Å².